The number of carbonyl (C=O) groups excluding carboxylic acids is 1. The van der Waals surface area contributed by atoms with E-state index < -0.39 is 10.6 Å². The Bertz CT molecular complexity index is 1460. The van der Waals surface area contributed by atoms with Gasteiger partial charge in [-0.25, -0.2) is 9.97 Å². The van der Waals surface area contributed by atoms with E-state index in [1.165, 1.54) is 6.07 Å². The highest BCUT2D eigenvalue weighted by molar-refractivity contribution is 6.02. The van der Waals surface area contributed by atoms with E-state index in [0.717, 1.165) is 28.2 Å². The molecule has 4 rings (SSSR count). The van der Waals surface area contributed by atoms with Crippen molar-refractivity contribution >= 4 is 39.8 Å². The molecule has 0 aliphatic heterocycles. The Morgan fingerprint density at radius 1 is 1.24 bits per heavy atom. The van der Waals surface area contributed by atoms with Crippen LogP contribution in [0.25, 0.3) is 22.2 Å². The van der Waals surface area contributed by atoms with E-state index >= 15 is 0 Å². The van der Waals surface area contributed by atoms with Gasteiger partial charge in [0.05, 0.1) is 49.9 Å². The molecule has 10 nitrogen and oxygen atoms in total. The van der Waals surface area contributed by atoms with E-state index in [9.17, 15) is 15.1 Å². The van der Waals surface area contributed by atoms with Gasteiger partial charge in [-0.05, 0) is 24.3 Å². The largest absolute Gasteiger partial charge is 0.633 e. The third-order valence-electron chi connectivity index (χ3n) is 6.02. The van der Waals surface area contributed by atoms with Crippen LogP contribution in [0.4, 0.5) is 23.0 Å². The molecule has 1 amide bonds. The summed E-state index contributed by atoms with van der Waals surface area (Å²) in [5, 5.41) is 29.8. The number of nitrogens with zero attached hydrogens (tertiary/aromatic N) is 5. The lowest BCUT2D eigenvalue weighted by Crippen LogP contribution is -2.39. The second-order valence-corrected chi connectivity index (χ2v) is 9.36. The molecule has 10 heteroatoms. The number of aromatic hydroxyl groups is 1. The average Bonchev–Trinajstić information content (AvgIpc) is 3.20. The first kappa shape index (κ1) is 25.7. The van der Waals surface area contributed by atoms with Crippen molar-refractivity contribution in [1.82, 2.24) is 14.5 Å². The van der Waals surface area contributed by atoms with Gasteiger partial charge in [0, 0.05) is 49.0 Å². The smallest absolute Gasteiger partial charge is 0.247 e. The number of rotatable bonds is 9. The first-order chi connectivity index (χ1) is 17.6. The molecule has 0 saturated carbocycles. The van der Waals surface area contributed by atoms with Crippen LogP contribution in [0.3, 0.4) is 0 Å². The predicted octanol–water partition coefficient (Wildman–Crippen LogP) is 4.22. The van der Waals surface area contributed by atoms with Crippen molar-refractivity contribution < 1.29 is 14.5 Å². The molecular weight excluding hydrogens is 470 g/mol. The molecular formula is C27H31N7O3. The summed E-state index contributed by atoms with van der Waals surface area (Å²) in [6.45, 7) is 4.25. The second-order valence-electron chi connectivity index (χ2n) is 9.36. The van der Waals surface area contributed by atoms with Crippen LogP contribution in [0, 0.1) is 5.21 Å². The Balaban J connectivity index is 1.67. The Morgan fingerprint density at radius 2 is 2.00 bits per heavy atom. The molecule has 2 heterocycles. The number of aromatic nitrogens is 3. The van der Waals surface area contributed by atoms with Gasteiger partial charge in [-0.2, -0.15) is 0 Å². The molecule has 0 bridgehead atoms. The molecule has 0 fully saturated rings. The van der Waals surface area contributed by atoms with Crippen LogP contribution in [0.5, 0.6) is 5.75 Å². The van der Waals surface area contributed by atoms with Crippen LogP contribution >= 0.6 is 0 Å². The maximum Gasteiger partial charge on any atom is 0.247 e. The summed E-state index contributed by atoms with van der Waals surface area (Å²) < 4.78 is 1.58. The molecule has 2 aromatic carbocycles. The van der Waals surface area contributed by atoms with Gasteiger partial charge in [0.2, 0.25) is 11.9 Å². The lowest BCUT2D eigenvalue weighted by atomic mass is 10.1. The van der Waals surface area contributed by atoms with Crippen molar-refractivity contribution in [2.24, 2.45) is 7.05 Å². The Labute approximate surface area is 215 Å². The number of aryl methyl sites for hydroxylation is 1. The van der Waals surface area contributed by atoms with Gasteiger partial charge in [-0.15, -0.1) is 0 Å². The molecule has 37 heavy (non-hydrogen) atoms. The number of para-hydroxylation sites is 1. The summed E-state index contributed by atoms with van der Waals surface area (Å²) in [5.41, 5.74) is 4.08. The van der Waals surface area contributed by atoms with Gasteiger partial charge in [-0.3, -0.25) is 4.79 Å². The minimum atomic E-state index is -0.464. The number of hydrogen-bond acceptors (Lipinski definition) is 7. The fourth-order valence-electron chi connectivity index (χ4n) is 4.02. The number of likely N-dealkylation sites (N-methyl/N-ethyl adjacent to an activating group) is 2. The van der Waals surface area contributed by atoms with Crippen LogP contribution in [0.1, 0.15) is 0 Å². The van der Waals surface area contributed by atoms with Gasteiger partial charge < -0.3 is 35.1 Å². The summed E-state index contributed by atoms with van der Waals surface area (Å²) in [4.78, 5) is 22.9. The van der Waals surface area contributed by atoms with E-state index in [1.54, 1.807) is 38.3 Å². The lowest BCUT2D eigenvalue weighted by molar-refractivity contribution is -0.838. The van der Waals surface area contributed by atoms with Crippen molar-refractivity contribution in [2.75, 3.05) is 49.8 Å². The van der Waals surface area contributed by atoms with Crippen LogP contribution in [0.15, 0.2) is 67.5 Å². The third-order valence-corrected chi connectivity index (χ3v) is 6.02. The SMILES string of the molecule is C=CC(=O)Nc1cc(Nc2nccc(-c3cn(C)c4ccccc34)n2)c(O)cc1N(C)CC[N+](C)(C)[O-]. The van der Waals surface area contributed by atoms with E-state index in [-0.39, 0.29) is 11.7 Å². The monoisotopic (exact) mass is 501 g/mol. The molecule has 0 spiro atoms. The maximum atomic E-state index is 12.1. The van der Waals surface area contributed by atoms with E-state index in [2.05, 4.69) is 27.2 Å². The minimum absolute atomic E-state index is 0.0616. The fourth-order valence-corrected chi connectivity index (χ4v) is 4.02. The highest BCUT2D eigenvalue weighted by Gasteiger charge is 2.17. The number of fused-ring (bicyclic) bond motifs is 1. The van der Waals surface area contributed by atoms with E-state index in [1.807, 2.05) is 48.1 Å². The summed E-state index contributed by atoms with van der Waals surface area (Å²) in [6.07, 6.45) is 4.83. The molecule has 0 unspecified atom stereocenters. The number of hydroxylamine groups is 3. The number of carbonyl (C=O) groups is 1. The third kappa shape index (κ3) is 5.88. The van der Waals surface area contributed by atoms with Crippen LogP contribution in [-0.2, 0) is 11.8 Å². The molecule has 3 N–H and O–H groups in total. The normalized spacial score (nSPS) is 11.4. The standard InChI is InChI=1S/C27H31N7O3/c1-6-26(36)29-21-15-22(25(35)16-24(21)32(2)13-14-34(4,5)37)31-27-28-12-11-20(30-27)19-17-33(3)23-10-8-7-9-18(19)23/h6-12,15-17,35H,1,13-14H2,2-5H3,(H,29,36)(H,28,30,31). The Morgan fingerprint density at radius 3 is 2.73 bits per heavy atom. The quantitative estimate of drug-likeness (QED) is 0.103. The number of benzene rings is 2. The van der Waals surface area contributed by atoms with Gasteiger partial charge in [0.15, 0.2) is 0 Å². The topological polar surface area (TPSA) is 118 Å². The summed E-state index contributed by atoms with van der Waals surface area (Å²) in [5.74, 6) is -0.179. The van der Waals surface area contributed by atoms with E-state index in [0.29, 0.717) is 30.2 Å². The van der Waals surface area contributed by atoms with E-state index in [4.69, 9.17) is 0 Å². The Kier molecular flexibility index (Phi) is 7.14. The number of anilines is 4. The van der Waals surface area contributed by atoms with Gasteiger partial charge in [0.1, 0.15) is 5.75 Å². The molecule has 0 radical (unpaired) electrons. The highest BCUT2D eigenvalue weighted by Crippen LogP contribution is 2.37. The zero-order chi connectivity index (χ0) is 26.7. The predicted molar refractivity (Wildman–Crippen MR) is 148 cm³/mol. The average molecular weight is 502 g/mol. The number of quaternary nitrogens is 1. The molecule has 0 aliphatic rings. The molecule has 0 aliphatic carbocycles. The van der Waals surface area contributed by atoms with Gasteiger partial charge >= 0.3 is 0 Å². The minimum Gasteiger partial charge on any atom is -0.633 e. The van der Waals surface area contributed by atoms with Crippen LogP contribution < -0.4 is 15.5 Å². The number of phenols is 1. The first-order valence-corrected chi connectivity index (χ1v) is 11.8. The summed E-state index contributed by atoms with van der Waals surface area (Å²) in [6, 6.07) is 13.0. The van der Waals surface area contributed by atoms with Crippen molar-refractivity contribution in [2.45, 2.75) is 0 Å². The van der Waals surface area contributed by atoms with Crippen molar-refractivity contribution in [3.63, 3.8) is 0 Å². The van der Waals surface area contributed by atoms with Crippen molar-refractivity contribution in [3.05, 3.63) is 72.7 Å². The van der Waals surface area contributed by atoms with Crippen molar-refractivity contribution in [1.29, 1.82) is 0 Å². The molecule has 192 valence electrons. The maximum absolute atomic E-state index is 12.1. The molecule has 0 saturated heterocycles. The number of phenolic OH excluding ortho intramolecular Hbond substituents is 1. The van der Waals surface area contributed by atoms with Gasteiger partial charge in [0.25, 0.3) is 0 Å². The lowest BCUT2D eigenvalue weighted by Gasteiger charge is -2.36. The summed E-state index contributed by atoms with van der Waals surface area (Å²) in [7, 11) is 6.90. The summed E-state index contributed by atoms with van der Waals surface area (Å²) >= 11 is 0. The van der Waals surface area contributed by atoms with Crippen LogP contribution in [-0.4, -0.2) is 64.4 Å². The first-order valence-electron chi connectivity index (χ1n) is 11.8. The fraction of sp³-hybridized carbons (Fsp3) is 0.222. The number of amides is 1. The molecule has 2 aromatic heterocycles. The molecule has 4 aromatic rings. The highest BCUT2D eigenvalue weighted by atomic mass is 16.5. The zero-order valence-corrected chi connectivity index (χ0v) is 21.4. The second kappa shape index (κ2) is 10.3. The zero-order valence-electron chi connectivity index (χ0n) is 21.4. The van der Waals surface area contributed by atoms with Crippen LogP contribution in [0.2, 0.25) is 0 Å². The number of hydrogen-bond donors (Lipinski definition) is 3. The number of nitrogens with one attached hydrogen (secondary N) is 2. The van der Waals surface area contributed by atoms with Crippen molar-refractivity contribution in [3.8, 4) is 17.0 Å². The molecule has 0 atom stereocenters. The van der Waals surface area contributed by atoms with Gasteiger partial charge in [-0.1, -0.05) is 24.8 Å². The Hall–Kier alpha value is -4.41.